The fourth-order valence-corrected chi connectivity index (χ4v) is 4.67. The Morgan fingerprint density at radius 3 is 2.59 bits per heavy atom. The molecule has 4 aromatic rings. The molecule has 34 heavy (non-hydrogen) atoms. The van der Waals surface area contributed by atoms with E-state index in [-0.39, 0.29) is 5.91 Å². The SMILES string of the molecule is CCn1cc(-c2ccnc3c(C(=O)N4CCN(Cc5ccc(Cl)c(Cl)c5)CC4)cnn23)c(C)n1. The minimum Gasteiger partial charge on any atom is -0.336 e. The van der Waals surface area contributed by atoms with E-state index in [1.165, 1.54) is 0 Å². The Kier molecular flexibility index (Phi) is 6.29. The molecule has 1 aromatic carbocycles. The summed E-state index contributed by atoms with van der Waals surface area (Å²) in [6.07, 6.45) is 5.34. The highest BCUT2D eigenvalue weighted by molar-refractivity contribution is 6.42. The van der Waals surface area contributed by atoms with Gasteiger partial charge in [0.1, 0.15) is 5.56 Å². The second kappa shape index (κ2) is 9.37. The fraction of sp³-hybridized carbons (Fsp3) is 0.333. The average Bonchev–Trinajstić information content (AvgIpc) is 3.45. The summed E-state index contributed by atoms with van der Waals surface area (Å²) in [4.78, 5) is 22.0. The molecule has 0 aliphatic carbocycles. The second-order valence-corrected chi connectivity index (χ2v) is 9.24. The smallest absolute Gasteiger partial charge is 0.259 e. The summed E-state index contributed by atoms with van der Waals surface area (Å²) in [5, 5.41) is 10.2. The Morgan fingerprint density at radius 2 is 1.88 bits per heavy atom. The van der Waals surface area contributed by atoms with Crippen LogP contribution in [0.4, 0.5) is 0 Å². The van der Waals surface area contributed by atoms with Crippen LogP contribution < -0.4 is 0 Å². The lowest BCUT2D eigenvalue weighted by molar-refractivity contribution is 0.0630. The quantitative estimate of drug-likeness (QED) is 0.413. The van der Waals surface area contributed by atoms with E-state index in [1.807, 2.05) is 53.9 Å². The van der Waals surface area contributed by atoms with Gasteiger partial charge in [-0.1, -0.05) is 29.3 Å². The van der Waals surface area contributed by atoms with Crippen molar-refractivity contribution in [3.8, 4) is 11.3 Å². The third-order valence-electron chi connectivity index (χ3n) is 6.23. The molecule has 0 saturated carbocycles. The van der Waals surface area contributed by atoms with Crippen LogP contribution in [0.15, 0.2) is 42.9 Å². The van der Waals surface area contributed by atoms with Gasteiger partial charge in [0.2, 0.25) is 0 Å². The van der Waals surface area contributed by atoms with Crippen molar-refractivity contribution < 1.29 is 4.79 Å². The molecule has 3 aromatic heterocycles. The molecular weight excluding hydrogens is 473 g/mol. The van der Waals surface area contributed by atoms with Crippen molar-refractivity contribution in [2.24, 2.45) is 0 Å². The summed E-state index contributed by atoms with van der Waals surface area (Å²) in [7, 11) is 0. The van der Waals surface area contributed by atoms with Crippen molar-refractivity contribution in [1.29, 1.82) is 0 Å². The first kappa shape index (κ1) is 22.8. The highest BCUT2D eigenvalue weighted by atomic mass is 35.5. The average molecular weight is 498 g/mol. The van der Waals surface area contributed by atoms with E-state index in [4.69, 9.17) is 23.2 Å². The number of aromatic nitrogens is 5. The molecule has 0 spiro atoms. The zero-order valence-electron chi connectivity index (χ0n) is 19.1. The molecule has 1 fully saturated rings. The Morgan fingerprint density at radius 1 is 1.09 bits per heavy atom. The molecule has 0 radical (unpaired) electrons. The van der Waals surface area contributed by atoms with Crippen LogP contribution in [-0.4, -0.2) is 66.3 Å². The molecule has 1 aliphatic rings. The molecule has 1 amide bonds. The third-order valence-corrected chi connectivity index (χ3v) is 6.97. The maximum Gasteiger partial charge on any atom is 0.259 e. The van der Waals surface area contributed by atoms with Crippen molar-refractivity contribution in [2.45, 2.75) is 26.9 Å². The molecular formula is C24H25Cl2N7O. The number of nitrogens with zero attached hydrogens (tertiary/aromatic N) is 7. The number of carbonyl (C=O) groups is 1. The number of halogens is 2. The Balaban J connectivity index is 1.31. The Bertz CT molecular complexity index is 1350. The van der Waals surface area contributed by atoms with Gasteiger partial charge in [-0.3, -0.25) is 14.4 Å². The number of benzene rings is 1. The molecule has 1 saturated heterocycles. The normalized spacial score (nSPS) is 14.8. The number of hydrogen-bond acceptors (Lipinski definition) is 5. The first-order chi connectivity index (χ1) is 16.4. The van der Waals surface area contributed by atoms with Gasteiger partial charge in [0.25, 0.3) is 5.91 Å². The monoisotopic (exact) mass is 497 g/mol. The topological polar surface area (TPSA) is 71.6 Å². The van der Waals surface area contributed by atoms with Gasteiger partial charge in [-0.15, -0.1) is 0 Å². The van der Waals surface area contributed by atoms with Gasteiger partial charge in [-0.25, -0.2) is 9.50 Å². The predicted molar refractivity (Wildman–Crippen MR) is 132 cm³/mol. The molecule has 176 valence electrons. The van der Waals surface area contributed by atoms with Crippen LogP contribution in [0.5, 0.6) is 0 Å². The summed E-state index contributed by atoms with van der Waals surface area (Å²) >= 11 is 12.2. The number of piperazine rings is 1. The molecule has 10 heteroatoms. The van der Waals surface area contributed by atoms with E-state index < -0.39 is 0 Å². The number of fused-ring (bicyclic) bond motifs is 1. The van der Waals surface area contributed by atoms with Crippen molar-refractivity contribution in [2.75, 3.05) is 26.2 Å². The zero-order chi connectivity index (χ0) is 23.8. The van der Waals surface area contributed by atoms with Crippen molar-refractivity contribution in [1.82, 2.24) is 34.2 Å². The maximum atomic E-state index is 13.4. The van der Waals surface area contributed by atoms with Gasteiger partial charge in [-0.2, -0.15) is 10.2 Å². The van der Waals surface area contributed by atoms with Crippen LogP contribution in [0.25, 0.3) is 16.9 Å². The second-order valence-electron chi connectivity index (χ2n) is 8.42. The van der Waals surface area contributed by atoms with Gasteiger partial charge in [0.15, 0.2) is 5.65 Å². The Hall–Kier alpha value is -2.94. The highest BCUT2D eigenvalue weighted by Crippen LogP contribution is 2.25. The molecule has 0 bridgehead atoms. The molecule has 1 aliphatic heterocycles. The summed E-state index contributed by atoms with van der Waals surface area (Å²) in [5.41, 5.74) is 4.94. The van der Waals surface area contributed by atoms with Crippen LogP contribution in [-0.2, 0) is 13.1 Å². The lowest BCUT2D eigenvalue weighted by Crippen LogP contribution is -2.48. The fourth-order valence-electron chi connectivity index (χ4n) is 4.35. The lowest BCUT2D eigenvalue weighted by Gasteiger charge is -2.34. The van der Waals surface area contributed by atoms with E-state index in [0.29, 0.717) is 34.3 Å². The number of amides is 1. The highest BCUT2D eigenvalue weighted by Gasteiger charge is 2.26. The molecule has 0 N–H and O–H groups in total. The number of rotatable bonds is 5. The summed E-state index contributed by atoms with van der Waals surface area (Å²) in [6.45, 7) is 8.41. The van der Waals surface area contributed by atoms with Crippen molar-refractivity contribution in [3.05, 3.63) is 69.7 Å². The Labute approximate surface area is 207 Å². The third kappa shape index (κ3) is 4.29. The van der Waals surface area contributed by atoms with Gasteiger partial charge in [0.05, 0.1) is 27.6 Å². The van der Waals surface area contributed by atoms with Crippen LogP contribution >= 0.6 is 23.2 Å². The molecule has 5 rings (SSSR count). The van der Waals surface area contributed by atoms with Crippen LogP contribution in [0.2, 0.25) is 10.0 Å². The van der Waals surface area contributed by atoms with Crippen LogP contribution in [0.3, 0.4) is 0 Å². The minimum absolute atomic E-state index is 0.0465. The first-order valence-corrected chi connectivity index (χ1v) is 12.0. The minimum atomic E-state index is -0.0465. The maximum absolute atomic E-state index is 13.4. The van der Waals surface area contributed by atoms with Gasteiger partial charge >= 0.3 is 0 Å². The lowest BCUT2D eigenvalue weighted by atomic mass is 10.1. The number of aryl methyl sites for hydroxylation is 2. The van der Waals surface area contributed by atoms with E-state index in [9.17, 15) is 4.79 Å². The van der Waals surface area contributed by atoms with Crippen LogP contribution in [0, 0.1) is 6.92 Å². The zero-order valence-corrected chi connectivity index (χ0v) is 20.6. The van der Waals surface area contributed by atoms with Crippen molar-refractivity contribution in [3.63, 3.8) is 0 Å². The van der Waals surface area contributed by atoms with E-state index in [2.05, 4.69) is 20.1 Å². The molecule has 8 nitrogen and oxygen atoms in total. The van der Waals surface area contributed by atoms with E-state index >= 15 is 0 Å². The molecule has 4 heterocycles. The largest absolute Gasteiger partial charge is 0.336 e. The van der Waals surface area contributed by atoms with E-state index in [0.717, 1.165) is 48.7 Å². The van der Waals surface area contributed by atoms with Gasteiger partial charge < -0.3 is 4.90 Å². The number of carbonyl (C=O) groups excluding carboxylic acids is 1. The standard InChI is InChI=1S/C24H25Cl2N7O/c1-3-32-15-19(16(2)29-32)22-6-7-27-23-18(13-28-33(22)23)24(34)31-10-8-30(9-11-31)14-17-4-5-20(25)21(26)12-17/h4-7,12-13,15H,3,8-11,14H2,1-2H3. The van der Waals surface area contributed by atoms with Gasteiger partial charge in [0, 0.05) is 57.2 Å². The number of hydrogen-bond donors (Lipinski definition) is 0. The summed E-state index contributed by atoms with van der Waals surface area (Å²) < 4.78 is 3.63. The summed E-state index contributed by atoms with van der Waals surface area (Å²) in [6, 6.07) is 7.61. The first-order valence-electron chi connectivity index (χ1n) is 11.3. The summed E-state index contributed by atoms with van der Waals surface area (Å²) in [5.74, 6) is -0.0465. The van der Waals surface area contributed by atoms with Crippen molar-refractivity contribution >= 4 is 34.8 Å². The molecule has 0 unspecified atom stereocenters. The predicted octanol–water partition coefficient (Wildman–Crippen LogP) is 4.19. The molecule has 0 atom stereocenters. The van der Waals surface area contributed by atoms with E-state index in [1.54, 1.807) is 16.9 Å². The van der Waals surface area contributed by atoms with Crippen LogP contribution in [0.1, 0.15) is 28.5 Å². The van der Waals surface area contributed by atoms with Gasteiger partial charge in [-0.05, 0) is 37.6 Å².